The normalized spacial score (nSPS) is 10.8. The Morgan fingerprint density at radius 1 is 1.15 bits per heavy atom. The Morgan fingerprint density at radius 3 is 2.75 bits per heavy atom. The predicted molar refractivity (Wildman–Crippen MR) is 81.8 cm³/mol. The quantitative estimate of drug-likeness (QED) is 0.550. The second kappa shape index (κ2) is 4.77. The van der Waals surface area contributed by atoms with Gasteiger partial charge in [-0.2, -0.15) is 0 Å². The van der Waals surface area contributed by atoms with Crippen LogP contribution in [0.25, 0.3) is 11.0 Å². The summed E-state index contributed by atoms with van der Waals surface area (Å²) in [6.07, 6.45) is 0. The minimum atomic E-state index is -0.187. The van der Waals surface area contributed by atoms with E-state index in [1.54, 1.807) is 0 Å². The van der Waals surface area contributed by atoms with E-state index in [9.17, 15) is 4.79 Å². The molecule has 0 aliphatic heterocycles. The first-order chi connectivity index (χ1) is 9.63. The molecule has 3 rings (SSSR count). The molecule has 102 valence electrons. The SMILES string of the molecule is Cc1cccc(N)c1NCc1ccc2[nH]c(=O)[nH]c2c1. The van der Waals surface area contributed by atoms with Crippen LogP contribution in [-0.2, 0) is 6.54 Å². The molecule has 3 aromatic rings. The third kappa shape index (κ3) is 2.25. The molecule has 20 heavy (non-hydrogen) atoms. The van der Waals surface area contributed by atoms with Crippen LogP contribution in [0.2, 0.25) is 0 Å². The van der Waals surface area contributed by atoms with Crippen molar-refractivity contribution >= 4 is 22.4 Å². The van der Waals surface area contributed by atoms with Crippen LogP contribution in [0.4, 0.5) is 11.4 Å². The lowest BCUT2D eigenvalue weighted by Crippen LogP contribution is -2.04. The summed E-state index contributed by atoms with van der Waals surface area (Å²) in [5.41, 5.74) is 11.3. The Morgan fingerprint density at radius 2 is 1.95 bits per heavy atom. The molecule has 1 heterocycles. The van der Waals surface area contributed by atoms with Crippen molar-refractivity contribution in [3.05, 3.63) is 58.0 Å². The highest BCUT2D eigenvalue weighted by molar-refractivity contribution is 5.75. The van der Waals surface area contributed by atoms with E-state index in [2.05, 4.69) is 15.3 Å². The summed E-state index contributed by atoms with van der Waals surface area (Å²) in [7, 11) is 0. The number of nitrogen functional groups attached to an aromatic ring is 1. The van der Waals surface area contributed by atoms with Crippen LogP contribution in [0.3, 0.4) is 0 Å². The highest BCUT2D eigenvalue weighted by Gasteiger charge is 2.03. The summed E-state index contributed by atoms with van der Waals surface area (Å²) in [6.45, 7) is 2.67. The molecule has 0 saturated carbocycles. The number of aromatic amines is 2. The average Bonchev–Trinajstić information content (AvgIpc) is 2.77. The Kier molecular flexibility index (Phi) is 2.95. The van der Waals surface area contributed by atoms with Crippen molar-refractivity contribution in [2.75, 3.05) is 11.1 Å². The van der Waals surface area contributed by atoms with Gasteiger partial charge in [0.05, 0.1) is 22.4 Å². The third-order valence-electron chi connectivity index (χ3n) is 3.35. The number of rotatable bonds is 3. The number of aromatic nitrogens is 2. The molecule has 0 atom stereocenters. The maximum atomic E-state index is 11.2. The van der Waals surface area contributed by atoms with Gasteiger partial charge in [-0.1, -0.05) is 18.2 Å². The standard InChI is InChI=1S/C15H16N4O/c1-9-3-2-4-11(16)14(9)17-8-10-5-6-12-13(7-10)19-15(20)18-12/h2-7,17H,8,16H2,1H3,(H2,18,19,20). The molecule has 0 aliphatic carbocycles. The van der Waals surface area contributed by atoms with Crippen LogP contribution in [0, 0.1) is 6.92 Å². The zero-order chi connectivity index (χ0) is 14.1. The molecule has 0 radical (unpaired) electrons. The molecule has 0 unspecified atom stereocenters. The molecule has 0 saturated heterocycles. The van der Waals surface area contributed by atoms with Gasteiger partial charge in [0.2, 0.25) is 0 Å². The van der Waals surface area contributed by atoms with E-state index in [4.69, 9.17) is 5.73 Å². The number of nitrogens with one attached hydrogen (secondary N) is 3. The Hall–Kier alpha value is -2.69. The lowest BCUT2D eigenvalue weighted by Gasteiger charge is -2.12. The van der Waals surface area contributed by atoms with Crippen molar-refractivity contribution in [2.24, 2.45) is 0 Å². The minimum Gasteiger partial charge on any atom is -0.397 e. The van der Waals surface area contributed by atoms with Crippen molar-refractivity contribution in [1.29, 1.82) is 0 Å². The van der Waals surface area contributed by atoms with E-state index in [0.717, 1.165) is 33.5 Å². The van der Waals surface area contributed by atoms with Crippen LogP contribution in [0.1, 0.15) is 11.1 Å². The fourth-order valence-corrected chi connectivity index (χ4v) is 2.31. The topological polar surface area (TPSA) is 86.7 Å². The van der Waals surface area contributed by atoms with Gasteiger partial charge in [0.25, 0.3) is 0 Å². The Labute approximate surface area is 115 Å². The van der Waals surface area contributed by atoms with E-state index in [1.807, 2.05) is 43.3 Å². The number of hydrogen-bond donors (Lipinski definition) is 4. The van der Waals surface area contributed by atoms with Crippen molar-refractivity contribution < 1.29 is 0 Å². The van der Waals surface area contributed by atoms with Gasteiger partial charge in [-0.25, -0.2) is 4.79 Å². The smallest absolute Gasteiger partial charge is 0.323 e. The van der Waals surface area contributed by atoms with Gasteiger partial charge in [0, 0.05) is 6.54 Å². The number of hydrogen-bond acceptors (Lipinski definition) is 3. The van der Waals surface area contributed by atoms with Gasteiger partial charge in [-0.05, 0) is 36.2 Å². The summed E-state index contributed by atoms with van der Waals surface area (Å²) < 4.78 is 0. The molecular formula is C15H16N4O. The summed E-state index contributed by atoms with van der Waals surface area (Å²) in [6, 6.07) is 11.7. The molecule has 5 N–H and O–H groups in total. The fraction of sp³-hybridized carbons (Fsp3) is 0.133. The second-order valence-corrected chi connectivity index (χ2v) is 4.85. The highest BCUT2D eigenvalue weighted by Crippen LogP contribution is 2.23. The number of anilines is 2. The van der Waals surface area contributed by atoms with E-state index in [-0.39, 0.29) is 5.69 Å². The molecule has 0 aliphatic rings. The number of benzene rings is 2. The Balaban J connectivity index is 1.84. The summed E-state index contributed by atoms with van der Waals surface area (Å²) in [5.74, 6) is 0. The van der Waals surface area contributed by atoms with Crippen LogP contribution >= 0.6 is 0 Å². The number of para-hydroxylation sites is 1. The van der Waals surface area contributed by atoms with Crippen LogP contribution in [0.15, 0.2) is 41.2 Å². The number of fused-ring (bicyclic) bond motifs is 1. The van der Waals surface area contributed by atoms with E-state index in [1.165, 1.54) is 0 Å². The van der Waals surface area contributed by atoms with Crippen molar-refractivity contribution in [2.45, 2.75) is 13.5 Å². The minimum absolute atomic E-state index is 0.187. The maximum Gasteiger partial charge on any atom is 0.323 e. The monoisotopic (exact) mass is 268 g/mol. The van der Waals surface area contributed by atoms with Crippen molar-refractivity contribution in [3.8, 4) is 0 Å². The summed E-state index contributed by atoms with van der Waals surface area (Å²) in [5, 5.41) is 3.34. The predicted octanol–water partition coefficient (Wildman–Crippen LogP) is 2.36. The van der Waals surface area contributed by atoms with Gasteiger partial charge >= 0.3 is 5.69 Å². The lowest BCUT2D eigenvalue weighted by atomic mass is 10.1. The third-order valence-corrected chi connectivity index (χ3v) is 3.35. The Bertz CT molecular complexity index is 796. The van der Waals surface area contributed by atoms with Gasteiger partial charge in [-0.15, -0.1) is 0 Å². The lowest BCUT2D eigenvalue weighted by molar-refractivity contribution is 1.14. The highest BCUT2D eigenvalue weighted by atomic mass is 16.1. The molecule has 5 heteroatoms. The van der Waals surface area contributed by atoms with Crippen molar-refractivity contribution in [3.63, 3.8) is 0 Å². The molecule has 0 amide bonds. The van der Waals surface area contributed by atoms with Crippen LogP contribution in [-0.4, -0.2) is 9.97 Å². The van der Waals surface area contributed by atoms with Gasteiger partial charge in [0.15, 0.2) is 0 Å². The number of imidazole rings is 1. The molecule has 0 fully saturated rings. The average molecular weight is 268 g/mol. The molecule has 0 spiro atoms. The summed E-state index contributed by atoms with van der Waals surface area (Å²) in [4.78, 5) is 16.7. The first kappa shape index (κ1) is 12.3. The molecule has 0 bridgehead atoms. The van der Waals surface area contributed by atoms with Crippen molar-refractivity contribution in [1.82, 2.24) is 9.97 Å². The maximum absolute atomic E-state index is 11.2. The zero-order valence-electron chi connectivity index (χ0n) is 11.2. The van der Waals surface area contributed by atoms with Crippen LogP contribution in [0.5, 0.6) is 0 Å². The van der Waals surface area contributed by atoms with E-state index >= 15 is 0 Å². The van der Waals surface area contributed by atoms with Gasteiger partial charge in [0.1, 0.15) is 0 Å². The molecule has 5 nitrogen and oxygen atoms in total. The number of aryl methyl sites for hydroxylation is 1. The zero-order valence-corrected chi connectivity index (χ0v) is 11.2. The fourth-order valence-electron chi connectivity index (χ4n) is 2.31. The van der Waals surface area contributed by atoms with Crippen LogP contribution < -0.4 is 16.7 Å². The summed E-state index contributed by atoms with van der Waals surface area (Å²) >= 11 is 0. The second-order valence-electron chi connectivity index (χ2n) is 4.85. The first-order valence-corrected chi connectivity index (χ1v) is 6.43. The van der Waals surface area contributed by atoms with Gasteiger partial charge < -0.3 is 21.0 Å². The molecule has 2 aromatic carbocycles. The van der Waals surface area contributed by atoms with E-state index < -0.39 is 0 Å². The van der Waals surface area contributed by atoms with Gasteiger partial charge in [-0.3, -0.25) is 0 Å². The molecule has 1 aromatic heterocycles. The van der Waals surface area contributed by atoms with E-state index in [0.29, 0.717) is 6.54 Å². The first-order valence-electron chi connectivity index (χ1n) is 6.43. The number of H-pyrrole nitrogens is 2. The number of nitrogens with two attached hydrogens (primary N) is 1. The molecular weight excluding hydrogens is 252 g/mol. The largest absolute Gasteiger partial charge is 0.397 e.